The van der Waals surface area contributed by atoms with Gasteiger partial charge in [-0.2, -0.15) is 0 Å². The van der Waals surface area contributed by atoms with E-state index < -0.39 is 0 Å². The molecular weight excluding hydrogens is 350 g/mol. The van der Waals surface area contributed by atoms with Crippen molar-refractivity contribution in [3.8, 4) is 11.3 Å². The topological polar surface area (TPSA) is 65.4 Å². The van der Waals surface area contributed by atoms with E-state index in [1.165, 1.54) is 24.1 Å². The van der Waals surface area contributed by atoms with Crippen LogP contribution in [0.25, 0.3) is 11.3 Å². The number of thiazole rings is 1. The van der Waals surface area contributed by atoms with E-state index in [4.69, 9.17) is 9.72 Å². The van der Waals surface area contributed by atoms with E-state index in [2.05, 4.69) is 39.9 Å². The number of carbonyl (C=O) groups excluding carboxylic acids is 1. The number of aryl methyl sites for hydroxylation is 1. The number of aromatic nitrogens is 2. The van der Waals surface area contributed by atoms with Crippen LogP contribution in [0, 0.1) is 13.8 Å². The maximum absolute atomic E-state index is 11.2. The Morgan fingerprint density at radius 2 is 2.08 bits per heavy atom. The van der Waals surface area contributed by atoms with Crippen LogP contribution in [0.3, 0.4) is 0 Å². The number of nitrogens with zero attached hydrogens (tertiary/aromatic N) is 2. The van der Waals surface area contributed by atoms with E-state index in [9.17, 15) is 4.79 Å². The van der Waals surface area contributed by atoms with E-state index in [-0.39, 0.29) is 5.97 Å². The van der Waals surface area contributed by atoms with Gasteiger partial charge in [-0.15, -0.1) is 11.3 Å². The van der Waals surface area contributed by atoms with Crippen LogP contribution in [-0.4, -0.2) is 42.9 Å². The molecule has 1 N–H and O–H groups in total. The molecule has 0 aliphatic heterocycles. The van der Waals surface area contributed by atoms with Gasteiger partial charge in [0.05, 0.1) is 19.4 Å². The second kappa shape index (κ2) is 10.3. The standard InChI is InChI=1S/C19H29N3O3S/c1-14-12-16(17-13-26-19(21-17)20-9-11-24-3)15(2)22(14)10-7-5-6-8-18(23)25-4/h12-13H,5-11H2,1-4H3,(H,20,21). The molecule has 0 aliphatic rings. The highest BCUT2D eigenvalue weighted by Crippen LogP contribution is 2.30. The van der Waals surface area contributed by atoms with Gasteiger partial charge in [-0.3, -0.25) is 4.79 Å². The second-order valence-electron chi connectivity index (χ2n) is 6.28. The van der Waals surface area contributed by atoms with Crippen LogP contribution in [0.1, 0.15) is 37.1 Å². The van der Waals surface area contributed by atoms with Gasteiger partial charge in [0.15, 0.2) is 5.13 Å². The van der Waals surface area contributed by atoms with Crippen molar-refractivity contribution >= 4 is 22.4 Å². The summed E-state index contributed by atoms with van der Waals surface area (Å²) in [6.45, 7) is 6.67. The molecule has 2 rings (SSSR count). The SMILES string of the molecule is COCCNc1nc(-c2cc(C)n(CCCCCC(=O)OC)c2C)cs1. The molecule has 0 saturated carbocycles. The summed E-state index contributed by atoms with van der Waals surface area (Å²) in [5, 5.41) is 6.29. The van der Waals surface area contributed by atoms with Gasteiger partial charge >= 0.3 is 5.97 Å². The summed E-state index contributed by atoms with van der Waals surface area (Å²) in [7, 11) is 3.13. The van der Waals surface area contributed by atoms with Gasteiger partial charge in [0.25, 0.3) is 0 Å². The van der Waals surface area contributed by atoms with Crippen LogP contribution in [0.5, 0.6) is 0 Å². The third-order valence-corrected chi connectivity index (χ3v) is 5.23. The molecule has 0 unspecified atom stereocenters. The van der Waals surface area contributed by atoms with Crippen LogP contribution >= 0.6 is 11.3 Å². The molecule has 7 heteroatoms. The molecule has 2 aromatic rings. The van der Waals surface area contributed by atoms with Gasteiger partial charge in [-0.25, -0.2) is 4.98 Å². The summed E-state index contributed by atoms with van der Waals surface area (Å²) in [5.41, 5.74) is 4.68. The molecule has 0 spiro atoms. The van der Waals surface area contributed by atoms with Crippen molar-refractivity contribution in [1.29, 1.82) is 0 Å². The van der Waals surface area contributed by atoms with Gasteiger partial charge in [-0.1, -0.05) is 6.42 Å². The Morgan fingerprint density at radius 1 is 1.27 bits per heavy atom. The lowest BCUT2D eigenvalue weighted by Gasteiger charge is -2.09. The summed E-state index contributed by atoms with van der Waals surface area (Å²) in [6, 6.07) is 2.21. The monoisotopic (exact) mass is 379 g/mol. The van der Waals surface area contributed by atoms with Crippen LogP contribution in [0.4, 0.5) is 5.13 Å². The summed E-state index contributed by atoms with van der Waals surface area (Å²) < 4.78 is 12.1. The Kier molecular flexibility index (Phi) is 8.12. The molecule has 0 aromatic carbocycles. The Morgan fingerprint density at radius 3 is 2.81 bits per heavy atom. The minimum Gasteiger partial charge on any atom is -0.469 e. The number of methoxy groups -OCH3 is 2. The van der Waals surface area contributed by atoms with Crippen molar-refractivity contribution in [3.05, 3.63) is 22.8 Å². The van der Waals surface area contributed by atoms with Gasteiger partial charge < -0.3 is 19.4 Å². The van der Waals surface area contributed by atoms with Gasteiger partial charge in [0, 0.05) is 49.0 Å². The first-order valence-electron chi connectivity index (χ1n) is 8.99. The Labute approximate surface area is 159 Å². The molecule has 144 valence electrons. The molecule has 0 fully saturated rings. The minimum absolute atomic E-state index is 0.126. The highest BCUT2D eigenvalue weighted by atomic mass is 32.1. The molecular formula is C19H29N3O3S. The quantitative estimate of drug-likeness (QED) is 0.472. The van der Waals surface area contributed by atoms with Crippen molar-refractivity contribution in [2.45, 2.75) is 46.1 Å². The van der Waals surface area contributed by atoms with Gasteiger partial charge in [-0.05, 0) is 32.8 Å². The lowest BCUT2D eigenvalue weighted by atomic mass is 10.2. The fraction of sp³-hybridized carbons (Fsp3) is 0.579. The molecule has 0 radical (unpaired) electrons. The lowest BCUT2D eigenvalue weighted by Crippen LogP contribution is -2.07. The first kappa shape index (κ1) is 20.5. The molecule has 6 nitrogen and oxygen atoms in total. The molecule has 26 heavy (non-hydrogen) atoms. The summed E-state index contributed by atoms with van der Waals surface area (Å²) in [5.74, 6) is -0.126. The third kappa shape index (κ3) is 5.57. The van der Waals surface area contributed by atoms with E-state index in [0.717, 1.165) is 43.2 Å². The maximum atomic E-state index is 11.2. The fourth-order valence-corrected chi connectivity index (χ4v) is 3.70. The van der Waals surface area contributed by atoms with E-state index in [1.54, 1.807) is 18.4 Å². The average Bonchev–Trinajstić information content (AvgIpc) is 3.20. The highest BCUT2D eigenvalue weighted by Gasteiger charge is 2.13. The predicted molar refractivity (Wildman–Crippen MR) is 106 cm³/mol. The number of anilines is 1. The Hall–Kier alpha value is -1.86. The van der Waals surface area contributed by atoms with E-state index in [0.29, 0.717) is 13.0 Å². The predicted octanol–water partition coefficient (Wildman–Crippen LogP) is 4.02. The van der Waals surface area contributed by atoms with Crippen molar-refractivity contribution < 1.29 is 14.3 Å². The van der Waals surface area contributed by atoms with Gasteiger partial charge in [0.2, 0.25) is 0 Å². The summed E-state index contributed by atoms with van der Waals surface area (Å²) in [4.78, 5) is 15.8. The van der Waals surface area contributed by atoms with Crippen LogP contribution < -0.4 is 5.32 Å². The number of hydrogen-bond donors (Lipinski definition) is 1. The second-order valence-corrected chi connectivity index (χ2v) is 7.14. The Balaban J connectivity index is 1.93. The average molecular weight is 380 g/mol. The first-order chi connectivity index (χ1) is 12.6. The molecule has 2 heterocycles. The van der Waals surface area contributed by atoms with Gasteiger partial charge in [0.1, 0.15) is 0 Å². The summed E-state index contributed by atoms with van der Waals surface area (Å²) >= 11 is 1.62. The zero-order valence-electron chi connectivity index (χ0n) is 16.1. The fourth-order valence-electron chi connectivity index (χ4n) is 2.96. The molecule has 0 atom stereocenters. The number of hydrogen-bond acceptors (Lipinski definition) is 6. The maximum Gasteiger partial charge on any atom is 0.305 e. The number of carbonyl (C=O) groups is 1. The first-order valence-corrected chi connectivity index (χ1v) is 9.87. The summed E-state index contributed by atoms with van der Waals surface area (Å²) in [6.07, 6.45) is 3.45. The number of nitrogens with one attached hydrogen (secondary N) is 1. The number of rotatable bonds is 11. The zero-order chi connectivity index (χ0) is 18.9. The molecule has 0 bridgehead atoms. The van der Waals surface area contributed by atoms with Crippen molar-refractivity contribution in [2.75, 3.05) is 32.7 Å². The smallest absolute Gasteiger partial charge is 0.305 e. The largest absolute Gasteiger partial charge is 0.469 e. The molecule has 0 saturated heterocycles. The van der Waals surface area contributed by atoms with Crippen LogP contribution in [0.2, 0.25) is 0 Å². The number of unbranched alkanes of at least 4 members (excludes halogenated alkanes) is 2. The molecule has 0 amide bonds. The van der Waals surface area contributed by atoms with E-state index >= 15 is 0 Å². The van der Waals surface area contributed by atoms with Crippen molar-refractivity contribution in [3.63, 3.8) is 0 Å². The van der Waals surface area contributed by atoms with Crippen LogP contribution in [-0.2, 0) is 20.8 Å². The lowest BCUT2D eigenvalue weighted by molar-refractivity contribution is -0.140. The zero-order valence-corrected chi connectivity index (χ0v) is 16.9. The minimum atomic E-state index is -0.126. The van der Waals surface area contributed by atoms with Crippen LogP contribution in [0.15, 0.2) is 11.4 Å². The molecule has 2 aromatic heterocycles. The van der Waals surface area contributed by atoms with Crippen molar-refractivity contribution in [1.82, 2.24) is 9.55 Å². The third-order valence-electron chi connectivity index (χ3n) is 4.43. The Bertz CT molecular complexity index is 709. The van der Waals surface area contributed by atoms with E-state index in [1.807, 2.05) is 0 Å². The number of ether oxygens (including phenoxy) is 2. The number of esters is 1. The highest BCUT2D eigenvalue weighted by molar-refractivity contribution is 7.14. The van der Waals surface area contributed by atoms with Crippen molar-refractivity contribution in [2.24, 2.45) is 0 Å². The molecule has 0 aliphatic carbocycles. The normalized spacial score (nSPS) is 10.9.